The Labute approximate surface area is 80.5 Å². The second kappa shape index (κ2) is 5.05. The number of likely N-dealkylation sites (N-methyl/N-ethyl adjacent to an activating group) is 2. The van der Waals surface area contributed by atoms with Crippen molar-refractivity contribution in [2.75, 3.05) is 38.6 Å². The monoisotopic (exact) mass is 190 g/mol. The van der Waals surface area contributed by atoms with E-state index in [-0.39, 0.29) is 0 Å². The molecule has 0 bridgehead atoms. The molecule has 1 aliphatic rings. The molecule has 0 aromatic rings. The summed E-state index contributed by atoms with van der Waals surface area (Å²) in [4.78, 5) is 4.94. The average Bonchev–Trinajstić information content (AvgIpc) is 2.16. The first-order valence-electron chi connectivity index (χ1n) is 4.84. The van der Waals surface area contributed by atoms with Crippen LogP contribution in [0.15, 0.2) is 0 Å². The zero-order valence-electron chi connectivity index (χ0n) is 8.09. The van der Waals surface area contributed by atoms with Gasteiger partial charge >= 0.3 is 0 Å². The zero-order chi connectivity index (χ0) is 8.97. The third-order valence-corrected chi connectivity index (χ3v) is 3.08. The molecule has 72 valence electrons. The van der Waals surface area contributed by atoms with Crippen LogP contribution in [-0.4, -0.2) is 54.4 Å². The molecule has 0 N–H and O–H groups in total. The van der Waals surface area contributed by atoms with Gasteiger partial charge in [0.2, 0.25) is 0 Å². The SMILES string of the molecule is CCN1CCN(CC)C(CCl)C1. The molecule has 0 aliphatic carbocycles. The summed E-state index contributed by atoms with van der Waals surface area (Å²) >= 11 is 5.91. The fraction of sp³-hybridized carbons (Fsp3) is 1.00. The Kier molecular flexibility index (Phi) is 4.33. The molecule has 12 heavy (non-hydrogen) atoms. The number of piperazine rings is 1. The van der Waals surface area contributed by atoms with Gasteiger partial charge in [-0.3, -0.25) is 4.90 Å². The first-order chi connectivity index (χ1) is 5.81. The molecule has 3 heteroatoms. The van der Waals surface area contributed by atoms with E-state index < -0.39 is 0 Å². The maximum absolute atomic E-state index is 5.91. The van der Waals surface area contributed by atoms with Crippen molar-refractivity contribution in [3.63, 3.8) is 0 Å². The van der Waals surface area contributed by atoms with Crippen molar-refractivity contribution in [1.82, 2.24) is 9.80 Å². The molecule has 1 saturated heterocycles. The van der Waals surface area contributed by atoms with Crippen LogP contribution in [0, 0.1) is 0 Å². The van der Waals surface area contributed by atoms with Gasteiger partial charge in [-0.05, 0) is 13.1 Å². The van der Waals surface area contributed by atoms with Crippen LogP contribution in [-0.2, 0) is 0 Å². The number of hydrogen-bond donors (Lipinski definition) is 0. The van der Waals surface area contributed by atoms with E-state index >= 15 is 0 Å². The van der Waals surface area contributed by atoms with Gasteiger partial charge in [-0.2, -0.15) is 0 Å². The van der Waals surface area contributed by atoms with Crippen molar-refractivity contribution in [2.24, 2.45) is 0 Å². The summed E-state index contributed by atoms with van der Waals surface area (Å²) in [5.74, 6) is 0.768. The normalized spacial score (nSPS) is 27.8. The summed E-state index contributed by atoms with van der Waals surface area (Å²) < 4.78 is 0. The van der Waals surface area contributed by atoms with E-state index in [2.05, 4.69) is 23.6 Å². The van der Waals surface area contributed by atoms with Crippen LogP contribution >= 0.6 is 11.6 Å². The number of hydrogen-bond acceptors (Lipinski definition) is 2. The Balaban J connectivity index is 2.41. The van der Waals surface area contributed by atoms with E-state index in [9.17, 15) is 0 Å². The second-order valence-electron chi connectivity index (χ2n) is 3.33. The van der Waals surface area contributed by atoms with Crippen molar-refractivity contribution in [3.8, 4) is 0 Å². The summed E-state index contributed by atoms with van der Waals surface area (Å²) in [5.41, 5.74) is 0. The van der Waals surface area contributed by atoms with Gasteiger partial charge in [-0.1, -0.05) is 13.8 Å². The molecule has 1 fully saturated rings. The molecule has 0 amide bonds. The molecular formula is C9H19ClN2. The van der Waals surface area contributed by atoms with Crippen LogP contribution in [0.25, 0.3) is 0 Å². The molecule has 0 spiro atoms. The lowest BCUT2D eigenvalue weighted by Crippen LogP contribution is -2.53. The Morgan fingerprint density at radius 2 is 2.00 bits per heavy atom. The van der Waals surface area contributed by atoms with Crippen LogP contribution in [0.2, 0.25) is 0 Å². The fourth-order valence-corrected chi connectivity index (χ4v) is 2.10. The molecule has 2 nitrogen and oxygen atoms in total. The summed E-state index contributed by atoms with van der Waals surface area (Å²) in [6, 6.07) is 0.574. The predicted octanol–water partition coefficient (Wildman–Crippen LogP) is 1.25. The summed E-state index contributed by atoms with van der Waals surface area (Å²) in [6.07, 6.45) is 0. The highest BCUT2D eigenvalue weighted by molar-refractivity contribution is 6.18. The maximum atomic E-state index is 5.91. The highest BCUT2D eigenvalue weighted by atomic mass is 35.5. The van der Waals surface area contributed by atoms with Gasteiger partial charge in [0.15, 0.2) is 0 Å². The van der Waals surface area contributed by atoms with E-state index in [1.54, 1.807) is 0 Å². The van der Waals surface area contributed by atoms with E-state index in [0.29, 0.717) is 6.04 Å². The molecule has 0 radical (unpaired) electrons. The minimum absolute atomic E-state index is 0.574. The maximum Gasteiger partial charge on any atom is 0.0392 e. The largest absolute Gasteiger partial charge is 0.301 e. The number of alkyl halides is 1. The first-order valence-corrected chi connectivity index (χ1v) is 5.37. The standard InChI is InChI=1S/C9H19ClN2/c1-3-11-5-6-12(4-2)9(7-10)8-11/h9H,3-8H2,1-2H3. The van der Waals surface area contributed by atoms with Gasteiger partial charge in [0.1, 0.15) is 0 Å². The van der Waals surface area contributed by atoms with Gasteiger partial charge in [-0.15, -0.1) is 11.6 Å². The molecule has 0 saturated carbocycles. The second-order valence-corrected chi connectivity index (χ2v) is 3.64. The van der Waals surface area contributed by atoms with E-state index in [0.717, 1.165) is 25.5 Å². The molecule has 0 aromatic heterocycles. The Hall–Kier alpha value is 0.210. The first kappa shape index (κ1) is 10.3. The predicted molar refractivity (Wildman–Crippen MR) is 53.9 cm³/mol. The lowest BCUT2D eigenvalue weighted by molar-refractivity contribution is 0.0936. The molecule has 1 rings (SSSR count). The van der Waals surface area contributed by atoms with Gasteiger partial charge in [0.25, 0.3) is 0 Å². The van der Waals surface area contributed by atoms with Crippen molar-refractivity contribution in [1.29, 1.82) is 0 Å². The van der Waals surface area contributed by atoms with Crippen LogP contribution in [0.5, 0.6) is 0 Å². The Morgan fingerprint density at radius 1 is 1.25 bits per heavy atom. The van der Waals surface area contributed by atoms with E-state index in [4.69, 9.17) is 11.6 Å². The molecule has 1 unspecified atom stereocenters. The molecule has 1 atom stereocenters. The van der Waals surface area contributed by atoms with Crippen molar-refractivity contribution in [3.05, 3.63) is 0 Å². The van der Waals surface area contributed by atoms with Crippen molar-refractivity contribution in [2.45, 2.75) is 19.9 Å². The quantitative estimate of drug-likeness (QED) is 0.619. The fourth-order valence-electron chi connectivity index (χ4n) is 1.81. The van der Waals surface area contributed by atoms with Gasteiger partial charge in [0.05, 0.1) is 0 Å². The molecule has 0 aromatic carbocycles. The number of rotatable bonds is 3. The number of nitrogens with zero attached hydrogens (tertiary/aromatic N) is 2. The Bertz CT molecular complexity index is 130. The summed E-state index contributed by atoms with van der Waals surface area (Å²) in [6.45, 7) is 10.3. The topological polar surface area (TPSA) is 6.48 Å². The highest BCUT2D eigenvalue weighted by Crippen LogP contribution is 2.10. The average molecular weight is 191 g/mol. The minimum atomic E-state index is 0.574. The molecule has 1 heterocycles. The lowest BCUT2D eigenvalue weighted by atomic mass is 10.2. The lowest BCUT2D eigenvalue weighted by Gasteiger charge is -2.39. The Morgan fingerprint density at radius 3 is 2.50 bits per heavy atom. The molecule has 1 aliphatic heterocycles. The van der Waals surface area contributed by atoms with Crippen LogP contribution in [0.3, 0.4) is 0 Å². The van der Waals surface area contributed by atoms with Crippen LogP contribution < -0.4 is 0 Å². The van der Waals surface area contributed by atoms with Gasteiger partial charge in [0, 0.05) is 31.6 Å². The van der Waals surface area contributed by atoms with Crippen LogP contribution in [0.4, 0.5) is 0 Å². The zero-order valence-corrected chi connectivity index (χ0v) is 8.85. The third-order valence-electron chi connectivity index (χ3n) is 2.72. The van der Waals surface area contributed by atoms with Gasteiger partial charge in [-0.25, -0.2) is 0 Å². The summed E-state index contributed by atoms with van der Waals surface area (Å²) in [5, 5.41) is 0. The smallest absolute Gasteiger partial charge is 0.0392 e. The molecular weight excluding hydrogens is 172 g/mol. The minimum Gasteiger partial charge on any atom is -0.301 e. The van der Waals surface area contributed by atoms with Crippen molar-refractivity contribution >= 4 is 11.6 Å². The van der Waals surface area contributed by atoms with Gasteiger partial charge < -0.3 is 4.90 Å². The van der Waals surface area contributed by atoms with E-state index in [1.165, 1.54) is 13.1 Å². The highest BCUT2D eigenvalue weighted by Gasteiger charge is 2.23. The number of halogens is 1. The van der Waals surface area contributed by atoms with E-state index in [1.807, 2.05) is 0 Å². The van der Waals surface area contributed by atoms with Crippen LogP contribution in [0.1, 0.15) is 13.8 Å². The third kappa shape index (κ3) is 2.35. The summed E-state index contributed by atoms with van der Waals surface area (Å²) in [7, 11) is 0. The van der Waals surface area contributed by atoms with Crippen molar-refractivity contribution < 1.29 is 0 Å².